The molecule has 3 rings (SSSR count). The molecule has 1 aromatic heterocycles. The average Bonchev–Trinajstić information content (AvgIpc) is 2.91. The molecule has 114 valence electrons. The van der Waals surface area contributed by atoms with Crippen LogP contribution in [0.15, 0.2) is 18.2 Å². The van der Waals surface area contributed by atoms with E-state index in [1.54, 1.807) is 19.1 Å². The summed E-state index contributed by atoms with van der Waals surface area (Å²) >= 11 is 11.8. The molecule has 0 spiro atoms. The monoisotopic (exact) mass is 339 g/mol. The summed E-state index contributed by atoms with van der Waals surface area (Å²) < 4.78 is 1.42. The van der Waals surface area contributed by atoms with Gasteiger partial charge in [0.25, 0.3) is 5.91 Å². The highest BCUT2D eigenvalue weighted by atomic mass is 35.5. The number of nitrogens with one attached hydrogen (secondary N) is 2. The quantitative estimate of drug-likeness (QED) is 0.898. The van der Waals surface area contributed by atoms with Gasteiger partial charge in [0, 0.05) is 5.02 Å². The molecule has 1 aromatic carbocycles. The molecule has 0 unspecified atom stereocenters. The Morgan fingerprint density at radius 1 is 1.45 bits per heavy atom. The van der Waals surface area contributed by atoms with Crippen LogP contribution in [-0.4, -0.2) is 26.6 Å². The molecule has 2 heterocycles. The number of anilines is 2. The molecular weight excluding hydrogens is 329 g/mol. The van der Waals surface area contributed by atoms with E-state index in [1.165, 1.54) is 10.7 Å². The van der Waals surface area contributed by atoms with E-state index in [-0.39, 0.29) is 18.2 Å². The lowest BCUT2D eigenvalue weighted by molar-refractivity contribution is -0.123. The Labute approximate surface area is 135 Å². The van der Waals surface area contributed by atoms with Gasteiger partial charge in [0.15, 0.2) is 0 Å². The van der Waals surface area contributed by atoms with E-state index in [0.29, 0.717) is 27.5 Å². The van der Waals surface area contributed by atoms with Gasteiger partial charge in [0.1, 0.15) is 11.9 Å². The normalized spacial score (nSPS) is 16.3. The van der Waals surface area contributed by atoms with Gasteiger partial charge < -0.3 is 5.32 Å². The lowest BCUT2D eigenvalue weighted by Crippen LogP contribution is -2.23. The molecule has 22 heavy (non-hydrogen) atoms. The van der Waals surface area contributed by atoms with E-state index in [2.05, 4.69) is 20.7 Å². The van der Waals surface area contributed by atoms with Gasteiger partial charge in [-0.15, -0.1) is 0 Å². The van der Waals surface area contributed by atoms with Gasteiger partial charge in [-0.3, -0.25) is 14.9 Å². The number of carbonyl (C=O) groups excluding carboxylic acids is 2. The molecule has 2 amide bonds. The van der Waals surface area contributed by atoms with Crippen LogP contribution in [0.2, 0.25) is 10.0 Å². The molecule has 0 aliphatic carbocycles. The van der Waals surface area contributed by atoms with Crippen molar-refractivity contribution >= 4 is 46.7 Å². The van der Waals surface area contributed by atoms with Crippen molar-refractivity contribution in [1.29, 1.82) is 0 Å². The Morgan fingerprint density at radius 3 is 2.95 bits per heavy atom. The lowest BCUT2D eigenvalue weighted by Gasteiger charge is -2.11. The number of benzene rings is 1. The van der Waals surface area contributed by atoms with Crippen molar-refractivity contribution < 1.29 is 9.59 Å². The zero-order valence-electron chi connectivity index (χ0n) is 11.4. The number of fused-ring (bicyclic) bond motifs is 1. The second kappa shape index (κ2) is 5.58. The highest BCUT2D eigenvalue weighted by Gasteiger charge is 2.34. The fourth-order valence-electron chi connectivity index (χ4n) is 2.18. The van der Waals surface area contributed by atoms with Crippen LogP contribution in [0.5, 0.6) is 0 Å². The van der Waals surface area contributed by atoms with E-state index < -0.39 is 6.04 Å². The third-order valence-corrected chi connectivity index (χ3v) is 3.70. The summed E-state index contributed by atoms with van der Waals surface area (Å²) in [4.78, 5) is 28.1. The second-order valence-electron chi connectivity index (χ2n) is 4.81. The number of nitrogens with zero attached hydrogens (tertiary/aromatic N) is 3. The van der Waals surface area contributed by atoms with Crippen LogP contribution < -0.4 is 10.6 Å². The molecule has 0 radical (unpaired) electrons. The zero-order chi connectivity index (χ0) is 15.9. The molecule has 9 heteroatoms. The summed E-state index contributed by atoms with van der Waals surface area (Å²) in [7, 11) is 0. The van der Waals surface area contributed by atoms with Crippen molar-refractivity contribution in [3.63, 3.8) is 0 Å². The molecule has 1 aliphatic heterocycles. The molecule has 2 N–H and O–H groups in total. The lowest BCUT2D eigenvalue weighted by atomic mass is 10.2. The number of rotatable bonds is 3. The first-order valence-corrected chi connectivity index (χ1v) is 7.18. The van der Waals surface area contributed by atoms with Gasteiger partial charge >= 0.3 is 0 Å². The number of amides is 2. The van der Waals surface area contributed by atoms with Gasteiger partial charge in [-0.2, -0.15) is 10.1 Å². The van der Waals surface area contributed by atoms with Crippen LogP contribution in [0.3, 0.4) is 0 Å². The average molecular weight is 340 g/mol. The molecule has 7 nitrogen and oxygen atoms in total. The maximum Gasteiger partial charge on any atom is 0.252 e. The van der Waals surface area contributed by atoms with Gasteiger partial charge in [-0.05, 0) is 25.1 Å². The number of carbonyl (C=O) groups is 2. The van der Waals surface area contributed by atoms with Crippen LogP contribution >= 0.6 is 23.2 Å². The molecule has 0 fully saturated rings. The summed E-state index contributed by atoms with van der Waals surface area (Å²) in [6.07, 6.45) is -0.0689. The third kappa shape index (κ3) is 2.77. The number of halogens is 2. The van der Waals surface area contributed by atoms with Crippen molar-refractivity contribution in [2.75, 3.05) is 10.6 Å². The van der Waals surface area contributed by atoms with Gasteiger partial charge in [0.05, 0.1) is 17.1 Å². The first-order chi connectivity index (χ1) is 10.4. The predicted octanol–water partition coefficient (Wildman–Crippen LogP) is 2.42. The Bertz CT molecular complexity index is 774. The van der Waals surface area contributed by atoms with Gasteiger partial charge in [-0.25, -0.2) is 4.68 Å². The van der Waals surface area contributed by atoms with Crippen molar-refractivity contribution in [3.05, 3.63) is 34.1 Å². The van der Waals surface area contributed by atoms with Crippen LogP contribution in [0.25, 0.3) is 0 Å². The SMILES string of the molecule is Cc1nc2n(n1)[C@H](CC(=O)Nc1ccc(Cl)cc1Cl)C(=O)N2. The Morgan fingerprint density at radius 2 is 2.23 bits per heavy atom. The van der Waals surface area contributed by atoms with E-state index in [4.69, 9.17) is 23.2 Å². The van der Waals surface area contributed by atoms with Crippen molar-refractivity contribution in [1.82, 2.24) is 14.8 Å². The molecule has 1 atom stereocenters. The van der Waals surface area contributed by atoms with Crippen LogP contribution in [0.1, 0.15) is 18.3 Å². The Hall–Kier alpha value is -2.12. The molecule has 2 aromatic rings. The number of aromatic nitrogens is 3. The van der Waals surface area contributed by atoms with Crippen LogP contribution in [-0.2, 0) is 9.59 Å². The number of hydrogen-bond acceptors (Lipinski definition) is 4. The maximum absolute atomic E-state index is 12.1. The van der Waals surface area contributed by atoms with Crippen molar-refractivity contribution in [2.45, 2.75) is 19.4 Å². The van der Waals surface area contributed by atoms with Crippen molar-refractivity contribution in [2.24, 2.45) is 0 Å². The molecular formula is C13H11Cl2N5O2. The Balaban J connectivity index is 1.73. The number of hydrogen-bond donors (Lipinski definition) is 2. The minimum Gasteiger partial charge on any atom is -0.325 e. The summed E-state index contributed by atoms with van der Waals surface area (Å²) in [5.74, 6) is 0.212. The van der Waals surface area contributed by atoms with Crippen LogP contribution in [0, 0.1) is 6.92 Å². The molecule has 0 saturated heterocycles. The standard InChI is InChI=1S/C13H11Cl2N5O2/c1-6-16-13-18-12(22)10(20(13)19-6)5-11(21)17-9-3-2-7(14)4-8(9)15/h2-4,10H,5H2,1H3,(H,17,21)(H,16,18,19,22)/t10-/m1/s1. The smallest absolute Gasteiger partial charge is 0.252 e. The van der Waals surface area contributed by atoms with E-state index in [0.717, 1.165) is 0 Å². The minimum atomic E-state index is -0.720. The highest BCUT2D eigenvalue weighted by molar-refractivity contribution is 6.36. The first-order valence-electron chi connectivity index (χ1n) is 6.43. The first kappa shape index (κ1) is 14.8. The van der Waals surface area contributed by atoms with E-state index in [1.807, 2.05) is 0 Å². The summed E-state index contributed by atoms with van der Waals surface area (Å²) in [5, 5.41) is 10.1. The van der Waals surface area contributed by atoms with E-state index in [9.17, 15) is 9.59 Å². The topological polar surface area (TPSA) is 88.9 Å². The number of aryl methyl sites for hydroxylation is 1. The summed E-state index contributed by atoms with van der Waals surface area (Å²) in [6.45, 7) is 1.71. The fourth-order valence-corrected chi connectivity index (χ4v) is 2.64. The molecule has 0 bridgehead atoms. The van der Waals surface area contributed by atoms with Gasteiger partial charge in [0.2, 0.25) is 11.9 Å². The molecule has 0 saturated carbocycles. The maximum atomic E-state index is 12.1. The summed E-state index contributed by atoms with van der Waals surface area (Å²) in [6, 6.07) is 4.02. The fraction of sp³-hybridized carbons (Fsp3) is 0.231. The summed E-state index contributed by atoms with van der Waals surface area (Å²) in [5.41, 5.74) is 0.435. The predicted molar refractivity (Wildman–Crippen MR) is 82.1 cm³/mol. The Kier molecular flexibility index (Phi) is 3.76. The zero-order valence-corrected chi connectivity index (χ0v) is 12.9. The largest absolute Gasteiger partial charge is 0.325 e. The van der Waals surface area contributed by atoms with E-state index >= 15 is 0 Å². The van der Waals surface area contributed by atoms with Gasteiger partial charge in [-0.1, -0.05) is 23.2 Å². The van der Waals surface area contributed by atoms with Crippen molar-refractivity contribution in [3.8, 4) is 0 Å². The molecule has 1 aliphatic rings. The highest BCUT2D eigenvalue weighted by Crippen LogP contribution is 2.28. The second-order valence-corrected chi connectivity index (χ2v) is 5.65. The third-order valence-electron chi connectivity index (χ3n) is 3.15. The van der Waals surface area contributed by atoms with Crippen LogP contribution in [0.4, 0.5) is 11.6 Å². The minimum absolute atomic E-state index is 0.0689.